The molecule has 2 N–H and O–H groups in total. The molecule has 0 saturated carbocycles. The smallest absolute Gasteiger partial charge is 0.269 e. The third-order valence-electron chi connectivity index (χ3n) is 3.41. The molecule has 0 saturated heterocycles. The van der Waals surface area contributed by atoms with Gasteiger partial charge in [-0.3, -0.25) is 14.9 Å². The molecular weight excluding hydrogens is 311 g/mol. The second kappa shape index (κ2) is 6.91. The van der Waals surface area contributed by atoms with Crippen molar-refractivity contribution in [3.8, 4) is 11.5 Å². The number of halogens is 1. The van der Waals surface area contributed by atoms with Gasteiger partial charge in [-0.05, 0) is 42.8 Å². The average Bonchev–Trinajstić information content (AvgIpc) is 3.12. The molecule has 0 aliphatic carbocycles. The van der Waals surface area contributed by atoms with Crippen LogP contribution in [0.15, 0.2) is 55.0 Å². The molecule has 7 heteroatoms. The van der Waals surface area contributed by atoms with E-state index in [1.807, 2.05) is 0 Å². The SMILES string of the molecule is C[C@@H](NC(=O)c1ccn[nH]1)c1ccc(Oc2cccnc2)c(F)c1. The van der Waals surface area contributed by atoms with Crippen molar-refractivity contribution in [2.24, 2.45) is 0 Å². The van der Waals surface area contributed by atoms with Gasteiger partial charge in [-0.25, -0.2) is 4.39 Å². The standard InChI is InChI=1S/C17H15FN4O2/c1-11(21-17(23)15-6-8-20-22-15)12-4-5-16(14(18)9-12)24-13-3-2-7-19-10-13/h2-11H,1H3,(H,20,22)(H,21,23)/t11-/m1/s1. The highest BCUT2D eigenvalue weighted by Gasteiger charge is 2.14. The first-order valence-corrected chi connectivity index (χ1v) is 7.31. The Balaban J connectivity index is 1.70. The van der Waals surface area contributed by atoms with Crippen LogP contribution in [0.5, 0.6) is 11.5 Å². The largest absolute Gasteiger partial charge is 0.453 e. The Morgan fingerprint density at radius 3 is 2.83 bits per heavy atom. The van der Waals surface area contributed by atoms with Gasteiger partial charge in [0.05, 0.1) is 12.2 Å². The summed E-state index contributed by atoms with van der Waals surface area (Å²) in [5.74, 6) is -0.279. The Morgan fingerprint density at radius 1 is 1.29 bits per heavy atom. The van der Waals surface area contributed by atoms with Gasteiger partial charge in [0.25, 0.3) is 5.91 Å². The first-order valence-electron chi connectivity index (χ1n) is 7.31. The third kappa shape index (κ3) is 3.57. The van der Waals surface area contributed by atoms with E-state index in [-0.39, 0.29) is 17.7 Å². The van der Waals surface area contributed by atoms with Crippen molar-refractivity contribution < 1.29 is 13.9 Å². The van der Waals surface area contributed by atoms with Crippen LogP contribution in [-0.4, -0.2) is 21.1 Å². The van der Waals surface area contributed by atoms with Crippen LogP contribution >= 0.6 is 0 Å². The molecule has 1 atom stereocenters. The normalized spacial score (nSPS) is 11.8. The Hall–Kier alpha value is -3.22. The van der Waals surface area contributed by atoms with Crippen LogP contribution in [0.4, 0.5) is 4.39 Å². The van der Waals surface area contributed by atoms with Crippen LogP contribution in [0, 0.1) is 5.82 Å². The number of nitrogens with one attached hydrogen (secondary N) is 2. The summed E-state index contributed by atoms with van der Waals surface area (Å²) >= 11 is 0. The summed E-state index contributed by atoms with van der Waals surface area (Å²) in [6.07, 6.45) is 4.60. The summed E-state index contributed by atoms with van der Waals surface area (Å²) in [7, 11) is 0. The van der Waals surface area contributed by atoms with Crippen molar-refractivity contribution in [2.45, 2.75) is 13.0 Å². The van der Waals surface area contributed by atoms with E-state index in [2.05, 4.69) is 20.5 Å². The maximum absolute atomic E-state index is 14.2. The minimum Gasteiger partial charge on any atom is -0.453 e. The minimum absolute atomic E-state index is 0.0962. The lowest BCUT2D eigenvalue weighted by molar-refractivity contribution is 0.0934. The molecule has 2 aromatic heterocycles. The third-order valence-corrected chi connectivity index (χ3v) is 3.41. The number of nitrogens with zero attached hydrogens (tertiary/aromatic N) is 2. The van der Waals surface area contributed by atoms with Crippen molar-refractivity contribution in [3.05, 3.63) is 72.1 Å². The quantitative estimate of drug-likeness (QED) is 0.754. The summed E-state index contributed by atoms with van der Waals surface area (Å²) in [6, 6.07) is 9.14. The molecule has 1 amide bonds. The van der Waals surface area contributed by atoms with Crippen molar-refractivity contribution in [3.63, 3.8) is 0 Å². The topological polar surface area (TPSA) is 79.9 Å². The Labute approximate surface area is 137 Å². The van der Waals surface area contributed by atoms with E-state index in [0.29, 0.717) is 17.0 Å². The van der Waals surface area contributed by atoms with Gasteiger partial charge in [0.2, 0.25) is 0 Å². The van der Waals surface area contributed by atoms with Crippen LogP contribution in [0.2, 0.25) is 0 Å². The Kier molecular flexibility index (Phi) is 4.51. The molecule has 3 aromatic rings. The number of amides is 1. The molecular formula is C17H15FN4O2. The zero-order chi connectivity index (χ0) is 16.9. The molecule has 0 unspecified atom stereocenters. The number of aromatic nitrogens is 3. The molecule has 0 fully saturated rings. The number of carbonyl (C=O) groups excluding carboxylic acids is 1. The lowest BCUT2D eigenvalue weighted by Crippen LogP contribution is -2.27. The number of benzene rings is 1. The van der Waals surface area contributed by atoms with Crippen LogP contribution in [0.1, 0.15) is 29.0 Å². The summed E-state index contributed by atoms with van der Waals surface area (Å²) < 4.78 is 19.7. The average molecular weight is 326 g/mol. The van der Waals surface area contributed by atoms with Gasteiger partial charge in [-0.1, -0.05) is 6.07 Å². The van der Waals surface area contributed by atoms with Gasteiger partial charge in [0, 0.05) is 12.4 Å². The molecule has 0 spiro atoms. The second-order valence-electron chi connectivity index (χ2n) is 5.15. The molecule has 2 heterocycles. The van der Waals surface area contributed by atoms with Crippen LogP contribution in [0.25, 0.3) is 0 Å². The minimum atomic E-state index is -0.515. The Morgan fingerprint density at radius 2 is 2.17 bits per heavy atom. The number of H-pyrrole nitrogens is 1. The van der Waals surface area contributed by atoms with Crippen LogP contribution in [0.3, 0.4) is 0 Å². The van der Waals surface area contributed by atoms with E-state index in [4.69, 9.17) is 4.74 Å². The molecule has 122 valence electrons. The first kappa shape index (κ1) is 15.7. The molecule has 0 aliphatic rings. The predicted molar refractivity (Wildman–Crippen MR) is 85.2 cm³/mol. The van der Waals surface area contributed by atoms with Gasteiger partial charge >= 0.3 is 0 Å². The highest BCUT2D eigenvalue weighted by Crippen LogP contribution is 2.26. The molecule has 0 bridgehead atoms. The van der Waals surface area contributed by atoms with E-state index in [1.54, 1.807) is 37.4 Å². The van der Waals surface area contributed by atoms with E-state index < -0.39 is 5.82 Å². The Bertz CT molecular complexity index is 822. The van der Waals surface area contributed by atoms with Gasteiger partial charge < -0.3 is 10.1 Å². The van der Waals surface area contributed by atoms with E-state index >= 15 is 0 Å². The number of aromatic amines is 1. The summed E-state index contributed by atoms with van der Waals surface area (Å²) in [6.45, 7) is 1.77. The lowest BCUT2D eigenvalue weighted by atomic mass is 10.1. The highest BCUT2D eigenvalue weighted by atomic mass is 19.1. The first-order chi connectivity index (χ1) is 11.6. The maximum atomic E-state index is 14.2. The monoisotopic (exact) mass is 326 g/mol. The van der Waals surface area contributed by atoms with Gasteiger partial charge in [0.1, 0.15) is 11.4 Å². The van der Waals surface area contributed by atoms with E-state index in [9.17, 15) is 9.18 Å². The number of ether oxygens (including phenoxy) is 1. The fourth-order valence-corrected chi connectivity index (χ4v) is 2.14. The zero-order valence-corrected chi connectivity index (χ0v) is 12.9. The summed E-state index contributed by atoms with van der Waals surface area (Å²) in [5, 5.41) is 9.07. The molecule has 1 aromatic carbocycles. The molecule has 24 heavy (non-hydrogen) atoms. The van der Waals surface area contributed by atoms with E-state index in [1.165, 1.54) is 24.5 Å². The number of carbonyl (C=O) groups is 1. The van der Waals surface area contributed by atoms with Gasteiger partial charge in [0.15, 0.2) is 11.6 Å². The molecule has 0 radical (unpaired) electrons. The zero-order valence-electron chi connectivity index (χ0n) is 12.9. The van der Waals surface area contributed by atoms with Crippen molar-refractivity contribution in [2.75, 3.05) is 0 Å². The number of rotatable bonds is 5. The number of hydrogen-bond acceptors (Lipinski definition) is 4. The summed E-state index contributed by atoms with van der Waals surface area (Å²) in [5.41, 5.74) is 0.970. The van der Waals surface area contributed by atoms with Crippen LogP contribution < -0.4 is 10.1 Å². The fraction of sp³-hybridized carbons (Fsp3) is 0.118. The molecule has 0 aliphatic heterocycles. The predicted octanol–water partition coefficient (Wildman–Crippen LogP) is 3.23. The van der Waals surface area contributed by atoms with Gasteiger partial charge in [-0.2, -0.15) is 5.10 Å². The molecule has 3 rings (SSSR count). The summed E-state index contributed by atoms with van der Waals surface area (Å²) in [4.78, 5) is 15.9. The number of hydrogen-bond donors (Lipinski definition) is 2. The maximum Gasteiger partial charge on any atom is 0.269 e. The van der Waals surface area contributed by atoms with E-state index in [0.717, 1.165) is 0 Å². The molecule has 6 nitrogen and oxygen atoms in total. The van der Waals surface area contributed by atoms with Crippen molar-refractivity contribution >= 4 is 5.91 Å². The fourth-order valence-electron chi connectivity index (χ4n) is 2.14. The number of pyridine rings is 1. The van der Waals surface area contributed by atoms with Crippen molar-refractivity contribution in [1.82, 2.24) is 20.5 Å². The highest BCUT2D eigenvalue weighted by molar-refractivity contribution is 5.92. The van der Waals surface area contributed by atoms with Gasteiger partial charge in [-0.15, -0.1) is 0 Å². The lowest BCUT2D eigenvalue weighted by Gasteiger charge is -2.15. The van der Waals surface area contributed by atoms with Crippen LogP contribution in [-0.2, 0) is 0 Å². The van der Waals surface area contributed by atoms with Crippen molar-refractivity contribution in [1.29, 1.82) is 0 Å². The second-order valence-corrected chi connectivity index (χ2v) is 5.15.